The van der Waals surface area contributed by atoms with Crippen LogP contribution in [0.1, 0.15) is 11.8 Å². The highest BCUT2D eigenvalue weighted by Crippen LogP contribution is 2.39. The monoisotopic (exact) mass is 392 g/mol. The predicted molar refractivity (Wildman–Crippen MR) is 99.0 cm³/mol. The van der Waals surface area contributed by atoms with Gasteiger partial charge in [0, 0.05) is 16.8 Å². The van der Waals surface area contributed by atoms with Crippen LogP contribution in [-0.4, -0.2) is 49.7 Å². The van der Waals surface area contributed by atoms with Crippen LogP contribution in [0.5, 0.6) is 0 Å². The molecule has 1 aromatic carbocycles. The second-order valence-corrected chi connectivity index (χ2v) is 6.96. The molecule has 1 aliphatic rings. The van der Waals surface area contributed by atoms with E-state index >= 15 is 0 Å². The van der Waals surface area contributed by atoms with Crippen molar-refractivity contribution in [2.75, 3.05) is 12.3 Å². The van der Waals surface area contributed by atoms with Crippen molar-refractivity contribution in [3.8, 4) is 11.1 Å². The Morgan fingerprint density at radius 1 is 1.37 bits per heavy atom. The molecule has 0 unspecified atom stereocenters. The van der Waals surface area contributed by atoms with E-state index in [0.29, 0.717) is 21.6 Å². The maximum Gasteiger partial charge on any atom is 0.164 e. The lowest BCUT2D eigenvalue weighted by Crippen LogP contribution is -2.29. The first-order valence-electron chi connectivity index (χ1n) is 8.38. The highest BCUT2D eigenvalue weighted by Gasteiger charge is 2.45. The van der Waals surface area contributed by atoms with Gasteiger partial charge in [-0.3, -0.25) is 0 Å². The molecule has 2 aromatic heterocycles. The molecule has 3 heterocycles. The largest absolute Gasteiger partial charge is 0.394 e. The Balaban J connectivity index is 1.91. The van der Waals surface area contributed by atoms with E-state index in [4.69, 9.17) is 22.1 Å². The van der Waals surface area contributed by atoms with Gasteiger partial charge in [-0.05, 0) is 30.2 Å². The van der Waals surface area contributed by atoms with Crippen molar-refractivity contribution >= 4 is 28.5 Å². The fraction of sp³-hybridized carbons (Fsp3) is 0.333. The molecule has 0 radical (unpaired) electrons. The lowest BCUT2D eigenvalue weighted by Gasteiger charge is -2.16. The van der Waals surface area contributed by atoms with Gasteiger partial charge in [-0.25, -0.2) is 14.4 Å². The summed E-state index contributed by atoms with van der Waals surface area (Å²) in [6, 6.07) is 5.51. The Hall–Kier alpha value is -2.26. The molecular formula is C18H18ClFN4O3. The zero-order chi connectivity index (χ0) is 19.3. The van der Waals surface area contributed by atoms with Crippen molar-refractivity contribution in [3.63, 3.8) is 0 Å². The molecule has 0 aliphatic carbocycles. The van der Waals surface area contributed by atoms with E-state index < -0.39 is 31.2 Å². The van der Waals surface area contributed by atoms with Crippen LogP contribution in [-0.2, 0) is 4.74 Å². The van der Waals surface area contributed by atoms with Gasteiger partial charge < -0.3 is 25.3 Å². The van der Waals surface area contributed by atoms with Gasteiger partial charge in [0.15, 0.2) is 12.4 Å². The summed E-state index contributed by atoms with van der Waals surface area (Å²) in [5.74, 6) is 0.254. The Kier molecular flexibility index (Phi) is 4.51. The number of ether oxygens (including phenoxy) is 1. The van der Waals surface area contributed by atoms with Crippen LogP contribution < -0.4 is 5.73 Å². The normalized spacial score (nSPS) is 25.4. The molecule has 27 heavy (non-hydrogen) atoms. The van der Waals surface area contributed by atoms with E-state index in [9.17, 15) is 14.6 Å². The fourth-order valence-corrected chi connectivity index (χ4v) is 3.54. The standard InChI is InChI=1S/C18H18ClFN4O3/c1-8-4-9(2-3-11(8)19)10-5-24(17-13(10)16(21)22-7-23-17)18-15(26)14(20)12(6-25)27-18/h2-5,7,12,14-15,18,25-26H,6H2,1H3,(H2,21,22,23)/t12-,14+,15-,18-/m1/s1. The van der Waals surface area contributed by atoms with Crippen molar-refractivity contribution in [3.05, 3.63) is 41.3 Å². The molecule has 1 aliphatic heterocycles. The number of hydrogen-bond donors (Lipinski definition) is 3. The molecule has 0 saturated carbocycles. The second kappa shape index (κ2) is 6.72. The molecule has 0 spiro atoms. The zero-order valence-electron chi connectivity index (χ0n) is 14.4. The molecule has 4 atom stereocenters. The van der Waals surface area contributed by atoms with Crippen LogP contribution >= 0.6 is 11.6 Å². The number of hydrogen-bond acceptors (Lipinski definition) is 6. The smallest absolute Gasteiger partial charge is 0.164 e. The highest BCUT2D eigenvalue weighted by atomic mass is 35.5. The van der Waals surface area contributed by atoms with Gasteiger partial charge in [0.2, 0.25) is 0 Å². The van der Waals surface area contributed by atoms with Crippen LogP contribution in [0.3, 0.4) is 0 Å². The minimum atomic E-state index is -1.71. The minimum absolute atomic E-state index is 0.254. The van der Waals surface area contributed by atoms with Gasteiger partial charge >= 0.3 is 0 Å². The van der Waals surface area contributed by atoms with E-state index in [2.05, 4.69) is 9.97 Å². The number of aliphatic hydroxyl groups is 2. The van der Waals surface area contributed by atoms with E-state index in [1.165, 1.54) is 10.9 Å². The van der Waals surface area contributed by atoms with Crippen molar-refractivity contribution in [2.24, 2.45) is 0 Å². The summed E-state index contributed by atoms with van der Waals surface area (Å²) in [4.78, 5) is 8.30. The van der Waals surface area contributed by atoms with E-state index in [1.807, 2.05) is 19.1 Å². The Morgan fingerprint density at radius 3 is 2.81 bits per heavy atom. The molecule has 7 nitrogen and oxygen atoms in total. The summed E-state index contributed by atoms with van der Waals surface area (Å²) in [5, 5.41) is 20.7. The molecule has 142 valence electrons. The fourth-order valence-electron chi connectivity index (χ4n) is 3.42. The van der Waals surface area contributed by atoms with Gasteiger partial charge in [0.1, 0.15) is 30.0 Å². The van der Waals surface area contributed by atoms with Crippen molar-refractivity contribution in [1.29, 1.82) is 0 Å². The number of anilines is 1. The number of alkyl halides is 1. The number of aryl methyl sites for hydroxylation is 1. The average molecular weight is 393 g/mol. The number of nitrogens with zero attached hydrogens (tertiary/aromatic N) is 3. The molecule has 0 bridgehead atoms. The number of aromatic nitrogens is 3. The first-order valence-corrected chi connectivity index (χ1v) is 8.76. The van der Waals surface area contributed by atoms with Gasteiger partial charge in [-0.2, -0.15) is 0 Å². The molecule has 0 amide bonds. The summed E-state index contributed by atoms with van der Waals surface area (Å²) in [6.07, 6.45) is -2.33. The van der Waals surface area contributed by atoms with Gasteiger partial charge in [-0.15, -0.1) is 0 Å². The Labute approximate surface area is 159 Å². The van der Waals surface area contributed by atoms with Crippen LogP contribution in [0.15, 0.2) is 30.7 Å². The first-order chi connectivity index (χ1) is 12.9. The number of nitrogens with two attached hydrogens (primary N) is 1. The van der Waals surface area contributed by atoms with E-state index in [0.717, 1.165) is 11.1 Å². The SMILES string of the molecule is Cc1cc(-c2cn([C@@H]3O[C@H](CO)[C@H](F)[C@H]3O)c3ncnc(N)c23)ccc1Cl. The van der Waals surface area contributed by atoms with Crippen molar-refractivity contribution in [1.82, 2.24) is 14.5 Å². The molecule has 1 saturated heterocycles. The van der Waals surface area contributed by atoms with Gasteiger partial charge in [0.05, 0.1) is 12.0 Å². The molecule has 4 N–H and O–H groups in total. The summed E-state index contributed by atoms with van der Waals surface area (Å²) in [6.45, 7) is 1.35. The number of halogens is 2. The van der Waals surface area contributed by atoms with Gasteiger partial charge in [-0.1, -0.05) is 17.7 Å². The Bertz CT molecular complexity index is 1010. The third kappa shape index (κ3) is 2.85. The molecular weight excluding hydrogens is 375 g/mol. The van der Waals surface area contributed by atoms with Crippen molar-refractivity contribution < 1.29 is 19.3 Å². The summed E-state index contributed by atoms with van der Waals surface area (Å²) >= 11 is 6.12. The maximum absolute atomic E-state index is 14.2. The predicted octanol–water partition coefficient (Wildman–Crippen LogP) is 2.23. The zero-order valence-corrected chi connectivity index (χ0v) is 15.1. The minimum Gasteiger partial charge on any atom is -0.394 e. The van der Waals surface area contributed by atoms with Crippen molar-refractivity contribution in [2.45, 2.75) is 31.5 Å². The quantitative estimate of drug-likeness (QED) is 0.631. The second-order valence-electron chi connectivity index (χ2n) is 6.55. The third-order valence-corrected chi connectivity index (χ3v) is 5.27. The lowest BCUT2D eigenvalue weighted by molar-refractivity contribution is -0.0492. The topological polar surface area (TPSA) is 106 Å². The molecule has 1 fully saturated rings. The number of fused-ring (bicyclic) bond motifs is 1. The molecule has 9 heteroatoms. The lowest BCUT2D eigenvalue weighted by atomic mass is 10.0. The van der Waals surface area contributed by atoms with Crippen LogP contribution in [0.4, 0.5) is 10.2 Å². The van der Waals surface area contributed by atoms with E-state index in [-0.39, 0.29) is 5.82 Å². The Morgan fingerprint density at radius 2 is 2.15 bits per heavy atom. The summed E-state index contributed by atoms with van der Waals surface area (Å²) in [7, 11) is 0. The molecule has 4 rings (SSSR count). The molecule has 3 aromatic rings. The average Bonchev–Trinajstić information content (AvgIpc) is 3.17. The number of rotatable bonds is 3. The first kappa shape index (κ1) is 18.1. The highest BCUT2D eigenvalue weighted by molar-refractivity contribution is 6.31. The summed E-state index contributed by atoms with van der Waals surface area (Å²) in [5.41, 5.74) is 8.90. The van der Waals surface area contributed by atoms with Crippen LogP contribution in [0, 0.1) is 6.92 Å². The van der Waals surface area contributed by atoms with Crippen LogP contribution in [0.25, 0.3) is 22.2 Å². The summed E-state index contributed by atoms with van der Waals surface area (Å²) < 4.78 is 21.3. The third-order valence-electron chi connectivity index (χ3n) is 4.85. The maximum atomic E-state index is 14.2. The van der Waals surface area contributed by atoms with Crippen LogP contribution in [0.2, 0.25) is 5.02 Å². The number of benzene rings is 1. The van der Waals surface area contributed by atoms with Gasteiger partial charge in [0.25, 0.3) is 0 Å². The number of aliphatic hydroxyl groups excluding tert-OH is 2. The number of nitrogen functional groups attached to an aromatic ring is 1. The van der Waals surface area contributed by atoms with E-state index in [1.54, 1.807) is 12.3 Å².